The first-order valence-electron chi connectivity index (χ1n) is 7.07. The van der Waals surface area contributed by atoms with Crippen molar-refractivity contribution in [1.29, 1.82) is 0 Å². The summed E-state index contributed by atoms with van der Waals surface area (Å²) in [4.78, 5) is 0. The van der Waals surface area contributed by atoms with Crippen LogP contribution in [0.3, 0.4) is 0 Å². The van der Waals surface area contributed by atoms with Crippen LogP contribution >= 0.6 is 11.8 Å². The predicted molar refractivity (Wildman–Crippen MR) is 84.4 cm³/mol. The monoisotopic (exact) mass is 265 g/mol. The van der Waals surface area contributed by atoms with Gasteiger partial charge in [-0.1, -0.05) is 52.0 Å². The van der Waals surface area contributed by atoms with Gasteiger partial charge in [0.2, 0.25) is 0 Å². The second kappa shape index (κ2) is 8.60. The van der Waals surface area contributed by atoms with Crippen LogP contribution in [0.4, 0.5) is 0 Å². The number of nitrogens with one attached hydrogen (secondary N) is 1. The van der Waals surface area contributed by atoms with E-state index in [4.69, 9.17) is 0 Å². The fourth-order valence-corrected chi connectivity index (χ4v) is 3.12. The Labute approximate surface area is 117 Å². The molecule has 0 heterocycles. The molecule has 0 aliphatic heterocycles. The second-order valence-corrected chi connectivity index (χ2v) is 6.22. The van der Waals surface area contributed by atoms with Gasteiger partial charge in [-0.3, -0.25) is 0 Å². The molecule has 1 atom stereocenters. The molecule has 1 nitrogen and oxygen atoms in total. The Bertz CT molecular complexity index is 336. The lowest BCUT2D eigenvalue weighted by atomic mass is 10.0. The van der Waals surface area contributed by atoms with Gasteiger partial charge in [0.1, 0.15) is 0 Å². The molecule has 0 aromatic heterocycles. The summed E-state index contributed by atoms with van der Waals surface area (Å²) in [6, 6.07) is 9.50. The van der Waals surface area contributed by atoms with Gasteiger partial charge in [0.25, 0.3) is 0 Å². The Balaban J connectivity index is 2.64. The topological polar surface area (TPSA) is 12.0 Å². The molecule has 1 aromatic rings. The standard InChI is InChI=1S/C16H27NS/c1-5-14-8-7-9-15(10-14)16(17-6-2)12-18-11-13(3)4/h7-10,13,16-17H,5-6,11-12H2,1-4H3. The van der Waals surface area contributed by atoms with E-state index in [-0.39, 0.29) is 0 Å². The normalized spacial score (nSPS) is 12.9. The van der Waals surface area contributed by atoms with Crippen LogP contribution in [-0.2, 0) is 6.42 Å². The van der Waals surface area contributed by atoms with Crippen molar-refractivity contribution in [3.63, 3.8) is 0 Å². The van der Waals surface area contributed by atoms with E-state index in [1.807, 2.05) is 0 Å². The van der Waals surface area contributed by atoms with Crippen molar-refractivity contribution in [2.45, 2.75) is 40.2 Å². The van der Waals surface area contributed by atoms with Crippen LogP contribution in [0.1, 0.15) is 44.9 Å². The molecule has 1 unspecified atom stereocenters. The Morgan fingerprint density at radius 2 is 1.94 bits per heavy atom. The predicted octanol–water partition coefficient (Wildman–Crippen LogP) is 4.29. The third-order valence-corrected chi connectivity index (χ3v) is 4.42. The van der Waals surface area contributed by atoms with E-state index in [2.05, 4.69) is 69.0 Å². The first-order valence-corrected chi connectivity index (χ1v) is 8.22. The van der Waals surface area contributed by atoms with Crippen LogP contribution in [0.5, 0.6) is 0 Å². The Morgan fingerprint density at radius 1 is 1.17 bits per heavy atom. The van der Waals surface area contributed by atoms with E-state index >= 15 is 0 Å². The van der Waals surface area contributed by atoms with Crippen molar-refractivity contribution in [3.05, 3.63) is 35.4 Å². The maximum atomic E-state index is 3.60. The summed E-state index contributed by atoms with van der Waals surface area (Å²) in [6.45, 7) is 10.0. The molecule has 0 radical (unpaired) electrons. The van der Waals surface area contributed by atoms with Crippen molar-refractivity contribution >= 4 is 11.8 Å². The van der Waals surface area contributed by atoms with Crippen LogP contribution in [0.25, 0.3) is 0 Å². The minimum atomic E-state index is 0.491. The third kappa shape index (κ3) is 5.45. The highest BCUT2D eigenvalue weighted by Crippen LogP contribution is 2.21. The van der Waals surface area contributed by atoms with Crippen LogP contribution in [-0.4, -0.2) is 18.1 Å². The number of hydrogen-bond acceptors (Lipinski definition) is 2. The quantitative estimate of drug-likeness (QED) is 0.752. The van der Waals surface area contributed by atoms with Gasteiger partial charge in [-0.05, 0) is 35.8 Å². The minimum Gasteiger partial charge on any atom is -0.310 e. The van der Waals surface area contributed by atoms with Gasteiger partial charge in [-0.2, -0.15) is 11.8 Å². The van der Waals surface area contributed by atoms with Crippen molar-refractivity contribution < 1.29 is 0 Å². The van der Waals surface area contributed by atoms with E-state index < -0.39 is 0 Å². The number of rotatable bonds is 8. The van der Waals surface area contributed by atoms with Crippen LogP contribution in [0, 0.1) is 5.92 Å². The van der Waals surface area contributed by atoms with Crippen molar-refractivity contribution in [2.75, 3.05) is 18.1 Å². The summed E-state index contributed by atoms with van der Waals surface area (Å²) in [7, 11) is 0. The zero-order chi connectivity index (χ0) is 13.4. The molecule has 0 aliphatic carbocycles. The molecule has 2 heteroatoms. The van der Waals surface area contributed by atoms with Gasteiger partial charge in [-0.25, -0.2) is 0 Å². The number of benzene rings is 1. The van der Waals surface area contributed by atoms with E-state index in [0.29, 0.717) is 6.04 Å². The molecule has 102 valence electrons. The number of thioether (sulfide) groups is 1. The highest BCUT2D eigenvalue weighted by molar-refractivity contribution is 7.99. The van der Waals surface area contributed by atoms with Crippen LogP contribution in [0.2, 0.25) is 0 Å². The van der Waals surface area contributed by atoms with Crippen molar-refractivity contribution in [2.24, 2.45) is 5.92 Å². The van der Waals surface area contributed by atoms with Gasteiger partial charge in [0.15, 0.2) is 0 Å². The zero-order valence-electron chi connectivity index (χ0n) is 12.2. The lowest BCUT2D eigenvalue weighted by Crippen LogP contribution is -2.23. The summed E-state index contributed by atoms with van der Waals surface area (Å²) in [5.74, 6) is 3.19. The van der Waals surface area contributed by atoms with Gasteiger partial charge >= 0.3 is 0 Å². The lowest BCUT2D eigenvalue weighted by molar-refractivity contribution is 0.604. The van der Waals surface area contributed by atoms with E-state index in [9.17, 15) is 0 Å². The Kier molecular flexibility index (Phi) is 7.45. The molecule has 0 saturated heterocycles. The molecular weight excluding hydrogens is 238 g/mol. The summed E-state index contributed by atoms with van der Waals surface area (Å²) >= 11 is 2.06. The van der Waals surface area contributed by atoms with E-state index in [1.165, 1.54) is 22.6 Å². The van der Waals surface area contributed by atoms with E-state index in [1.54, 1.807) is 0 Å². The van der Waals surface area contributed by atoms with Gasteiger partial charge in [-0.15, -0.1) is 0 Å². The molecule has 0 saturated carbocycles. The molecule has 1 aromatic carbocycles. The molecule has 0 fully saturated rings. The van der Waals surface area contributed by atoms with Crippen molar-refractivity contribution in [3.8, 4) is 0 Å². The summed E-state index contributed by atoms with van der Waals surface area (Å²) in [5.41, 5.74) is 2.87. The summed E-state index contributed by atoms with van der Waals surface area (Å²) in [5, 5.41) is 3.60. The largest absolute Gasteiger partial charge is 0.310 e. The molecule has 0 aliphatic rings. The molecule has 1 N–H and O–H groups in total. The maximum Gasteiger partial charge on any atom is 0.0411 e. The Hall–Kier alpha value is -0.470. The average Bonchev–Trinajstić information content (AvgIpc) is 2.37. The molecule has 1 rings (SSSR count). The highest BCUT2D eigenvalue weighted by atomic mass is 32.2. The molecular formula is C16H27NS. The SMILES string of the molecule is CCNC(CSCC(C)C)c1cccc(CC)c1. The molecule has 18 heavy (non-hydrogen) atoms. The fourth-order valence-electron chi connectivity index (χ4n) is 1.97. The van der Waals surface area contributed by atoms with Crippen LogP contribution in [0.15, 0.2) is 24.3 Å². The Morgan fingerprint density at radius 3 is 2.56 bits per heavy atom. The van der Waals surface area contributed by atoms with Gasteiger partial charge in [0.05, 0.1) is 0 Å². The number of hydrogen-bond donors (Lipinski definition) is 1. The van der Waals surface area contributed by atoms with Crippen LogP contribution < -0.4 is 5.32 Å². The molecule has 0 spiro atoms. The van der Waals surface area contributed by atoms with Crippen molar-refractivity contribution in [1.82, 2.24) is 5.32 Å². The average molecular weight is 265 g/mol. The van der Waals surface area contributed by atoms with Gasteiger partial charge < -0.3 is 5.32 Å². The minimum absolute atomic E-state index is 0.491. The zero-order valence-corrected chi connectivity index (χ0v) is 13.0. The highest BCUT2D eigenvalue weighted by Gasteiger charge is 2.10. The van der Waals surface area contributed by atoms with Gasteiger partial charge in [0, 0.05) is 11.8 Å². The summed E-state index contributed by atoms with van der Waals surface area (Å²) in [6.07, 6.45) is 1.12. The molecule has 0 bridgehead atoms. The lowest BCUT2D eigenvalue weighted by Gasteiger charge is -2.19. The molecule has 0 amide bonds. The maximum absolute atomic E-state index is 3.60. The summed E-state index contributed by atoms with van der Waals surface area (Å²) < 4.78 is 0. The first kappa shape index (κ1) is 15.6. The smallest absolute Gasteiger partial charge is 0.0411 e. The number of aryl methyl sites for hydroxylation is 1. The first-order chi connectivity index (χ1) is 8.67. The van der Waals surface area contributed by atoms with E-state index in [0.717, 1.165) is 18.9 Å². The second-order valence-electron chi connectivity index (χ2n) is 5.14. The fraction of sp³-hybridized carbons (Fsp3) is 0.625. The third-order valence-electron chi connectivity index (χ3n) is 2.95.